The fourth-order valence-corrected chi connectivity index (χ4v) is 3.30. The first-order valence-corrected chi connectivity index (χ1v) is 7.98. The van der Waals surface area contributed by atoms with Crippen LogP contribution in [0.25, 0.3) is 0 Å². The van der Waals surface area contributed by atoms with Gasteiger partial charge in [-0.25, -0.2) is 0 Å². The van der Waals surface area contributed by atoms with Gasteiger partial charge in [-0.3, -0.25) is 4.79 Å². The third kappa shape index (κ3) is 2.56. The van der Waals surface area contributed by atoms with Crippen molar-refractivity contribution in [2.45, 2.75) is 19.3 Å². The summed E-state index contributed by atoms with van der Waals surface area (Å²) in [7, 11) is 0. The zero-order valence-electron chi connectivity index (χ0n) is 13.1. The molecule has 2 heterocycles. The van der Waals surface area contributed by atoms with Crippen LogP contribution in [-0.2, 0) is 24.1 Å². The number of hydrogen-bond acceptors (Lipinski definition) is 4. The van der Waals surface area contributed by atoms with Crippen molar-refractivity contribution in [1.82, 2.24) is 0 Å². The summed E-state index contributed by atoms with van der Waals surface area (Å²) >= 11 is 0. The third-order valence-electron chi connectivity index (χ3n) is 4.37. The van der Waals surface area contributed by atoms with E-state index in [0.717, 1.165) is 41.0 Å². The molecule has 5 heteroatoms. The molecule has 0 aromatic heterocycles. The van der Waals surface area contributed by atoms with E-state index in [9.17, 15) is 4.79 Å². The number of ether oxygens (including phenoxy) is 2. The summed E-state index contributed by atoms with van der Waals surface area (Å²) < 4.78 is 11.4. The Kier molecular flexibility index (Phi) is 3.58. The number of amides is 1. The smallest absolute Gasteiger partial charge is 0.228 e. The van der Waals surface area contributed by atoms with Crippen molar-refractivity contribution < 1.29 is 14.3 Å². The Bertz CT molecular complexity index is 835. The van der Waals surface area contributed by atoms with Crippen LogP contribution in [0.3, 0.4) is 0 Å². The van der Waals surface area contributed by atoms with Crippen LogP contribution in [0.4, 0.5) is 5.69 Å². The summed E-state index contributed by atoms with van der Waals surface area (Å²) in [6, 6.07) is 11.0. The lowest BCUT2D eigenvalue weighted by Gasteiger charge is -2.13. The number of nitrogens with one attached hydrogen (secondary N) is 1. The molecule has 0 radical (unpaired) electrons. The van der Waals surface area contributed by atoms with E-state index in [4.69, 9.17) is 14.7 Å². The lowest BCUT2D eigenvalue weighted by Crippen LogP contribution is -2.16. The summed E-state index contributed by atoms with van der Waals surface area (Å²) in [4.78, 5) is 12.5. The van der Waals surface area contributed by atoms with Gasteiger partial charge in [0.2, 0.25) is 5.91 Å². The van der Waals surface area contributed by atoms with Crippen LogP contribution in [0, 0.1) is 11.3 Å². The molecular weight excluding hydrogens is 304 g/mol. The molecule has 5 nitrogen and oxygen atoms in total. The van der Waals surface area contributed by atoms with Crippen LogP contribution in [0.5, 0.6) is 11.5 Å². The van der Waals surface area contributed by atoms with Crippen LogP contribution in [0.1, 0.15) is 22.3 Å². The van der Waals surface area contributed by atoms with E-state index < -0.39 is 0 Å². The molecule has 2 aromatic rings. The third-order valence-corrected chi connectivity index (χ3v) is 4.37. The minimum absolute atomic E-state index is 0.122. The van der Waals surface area contributed by atoms with Gasteiger partial charge in [0.15, 0.2) is 0 Å². The molecule has 1 N–H and O–H groups in total. The van der Waals surface area contributed by atoms with Gasteiger partial charge in [-0.15, -0.1) is 0 Å². The average molecular weight is 320 g/mol. The van der Waals surface area contributed by atoms with E-state index >= 15 is 0 Å². The van der Waals surface area contributed by atoms with Crippen molar-refractivity contribution in [1.29, 1.82) is 5.26 Å². The quantitative estimate of drug-likeness (QED) is 0.943. The van der Waals surface area contributed by atoms with Gasteiger partial charge in [-0.1, -0.05) is 6.07 Å². The van der Waals surface area contributed by atoms with Crippen LogP contribution in [-0.4, -0.2) is 19.1 Å². The first kappa shape index (κ1) is 14.6. The largest absolute Gasteiger partial charge is 0.493 e. The Morgan fingerprint density at radius 3 is 2.96 bits per heavy atom. The number of carbonyl (C=O) groups excluding carboxylic acids is 1. The zero-order chi connectivity index (χ0) is 16.5. The number of carbonyl (C=O) groups is 1. The second-order valence-corrected chi connectivity index (χ2v) is 5.93. The Balaban J connectivity index is 1.59. The summed E-state index contributed by atoms with van der Waals surface area (Å²) in [6.07, 6.45) is 1.90. The lowest BCUT2D eigenvalue weighted by molar-refractivity contribution is -0.115. The zero-order valence-corrected chi connectivity index (χ0v) is 13.1. The number of benzene rings is 2. The normalized spacial score (nSPS) is 14.1. The van der Waals surface area contributed by atoms with Gasteiger partial charge in [0.1, 0.15) is 11.5 Å². The van der Waals surface area contributed by atoms with Gasteiger partial charge in [-0.2, -0.15) is 5.26 Å². The predicted octanol–water partition coefficient (Wildman–Crippen LogP) is 2.61. The minimum atomic E-state index is -0.122. The van der Waals surface area contributed by atoms with Crippen LogP contribution in [0.2, 0.25) is 0 Å². The van der Waals surface area contributed by atoms with Gasteiger partial charge in [-0.05, 0) is 24.3 Å². The first-order valence-electron chi connectivity index (χ1n) is 7.98. The van der Waals surface area contributed by atoms with E-state index in [1.54, 1.807) is 24.3 Å². The molecule has 24 heavy (non-hydrogen) atoms. The maximum Gasteiger partial charge on any atom is 0.228 e. The Morgan fingerprint density at radius 2 is 2.08 bits per heavy atom. The second kappa shape index (κ2) is 5.89. The van der Waals surface area contributed by atoms with Gasteiger partial charge >= 0.3 is 0 Å². The molecule has 1 amide bonds. The van der Waals surface area contributed by atoms with Crippen LogP contribution >= 0.6 is 0 Å². The molecule has 0 saturated carbocycles. The van der Waals surface area contributed by atoms with Crippen molar-refractivity contribution in [3.8, 4) is 17.6 Å². The Hall–Kier alpha value is -3.00. The topological polar surface area (TPSA) is 71.4 Å². The van der Waals surface area contributed by atoms with E-state index in [1.165, 1.54) is 0 Å². The maximum atomic E-state index is 12.5. The van der Waals surface area contributed by atoms with E-state index in [2.05, 4.69) is 11.4 Å². The number of rotatable bonds is 3. The summed E-state index contributed by atoms with van der Waals surface area (Å²) in [5.74, 6) is 1.61. The SMILES string of the molecule is N#Cc1cccc(NC(=O)Cc2c3c(cc4c2OCC4)OCC3)c1. The molecule has 0 atom stereocenters. The highest BCUT2D eigenvalue weighted by Crippen LogP contribution is 2.40. The molecule has 0 bridgehead atoms. The molecule has 0 fully saturated rings. The van der Waals surface area contributed by atoms with E-state index in [1.807, 2.05) is 6.07 Å². The van der Waals surface area contributed by atoms with Gasteiger partial charge in [0.25, 0.3) is 0 Å². The predicted molar refractivity (Wildman–Crippen MR) is 88.3 cm³/mol. The Morgan fingerprint density at radius 1 is 1.21 bits per heavy atom. The number of anilines is 1. The standard InChI is InChI=1S/C19H16N2O3/c20-11-12-2-1-3-14(8-12)21-18(22)10-16-15-5-7-23-17(15)9-13-4-6-24-19(13)16/h1-3,8-9H,4-7,10H2,(H,21,22). The number of fused-ring (bicyclic) bond motifs is 2. The summed E-state index contributed by atoms with van der Waals surface area (Å²) in [5.41, 5.74) is 4.28. The minimum Gasteiger partial charge on any atom is -0.493 e. The number of hydrogen-bond donors (Lipinski definition) is 1. The van der Waals surface area contributed by atoms with E-state index in [0.29, 0.717) is 24.5 Å². The molecule has 120 valence electrons. The highest BCUT2D eigenvalue weighted by Gasteiger charge is 2.27. The molecule has 4 rings (SSSR count). The highest BCUT2D eigenvalue weighted by molar-refractivity contribution is 5.93. The van der Waals surface area contributed by atoms with E-state index in [-0.39, 0.29) is 12.3 Å². The highest BCUT2D eigenvalue weighted by atomic mass is 16.5. The summed E-state index contributed by atoms with van der Waals surface area (Å²) in [6.45, 7) is 1.30. The van der Waals surface area contributed by atoms with Crippen molar-refractivity contribution >= 4 is 11.6 Å². The number of nitrogens with zero attached hydrogens (tertiary/aromatic N) is 1. The fourth-order valence-electron chi connectivity index (χ4n) is 3.30. The lowest BCUT2D eigenvalue weighted by atomic mass is 9.97. The van der Waals surface area contributed by atoms with Crippen molar-refractivity contribution in [2.24, 2.45) is 0 Å². The van der Waals surface area contributed by atoms with Crippen molar-refractivity contribution in [3.05, 3.63) is 52.6 Å². The number of nitriles is 1. The molecule has 0 unspecified atom stereocenters. The van der Waals surface area contributed by atoms with Gasteiger partial charge < -0.3 is 14.8 Å². The van der Waals surface area contributed by atoms with Gasteiger partial charge in [0.05, 0.1) is 31.3 Å². The van der Waals surface area contributed by atoms with Crippen molar-refractivity contribution in [2.75, 3.05) is 18.5 Å². The van der Waals surface area contributed by atoms with Gasteiger partial charge in [0, 0.05) is 35.2 Å². The molecule has 2 aromatic carbocycles. The molecule has 0 spiro atoms. The molecular formula is C19H16N2O3. The van der Waals surface area contributed by atoms with Crippen molar-refractivity contribution in [3.63, 3.8) is 0 Å². The fraction of sp³-hybridized carbons (Fsp3) is 0.263. The van der Waals surface area contributed by atoms with Crippen LogP contribution in [0.15, 0.2) is 30.3 Å². The molecule has 0 saturated heterocycles. The molecule has 2 aliphatic heterocycles. The second-order valence-electron chi connectivity index (χ2n) is 5.93. The Labute approximate surface area is 139 Å². The van der Waals surface area contributed by atoms with Crippen LogP contribution < -0.4 is 14.8 Å². The monoisotopic (exact) mass is 320 g/mol. The average Bonchev–Trinajstić information content (AvgIpc) is 3.23. The maximum absolute atomic E-state index is 12.5. The molecule has 0 aliphatic carbocycles. The first-order chi connectivity index (χ1) is 11.7. The molecule has 2 aliphatic rings. The summed E-state index contributed by atoms with van der Waals surface area (Å²) in [5, 5.41) is 11.8.